The van der Waals surface area contributed by atoms with Gasteiger partial charge in [-0.25, -0.2) is 0 Å². The number of aliphatic imine (C=N–C) groups is 1. The van der Waals surface area contributed by atoms with Gasteiger partial charge < -0.3 is 22.4 Å². The number of pyridine rings is 3. The predicted octanol–water partition coefficient (Wildman–Crippen LogP) is 3.82. The molecule has 8 rings (SSSR count). The number of anilines is 1. The van der Waals surface area contributed by atoms with Crippen molar-refractivity contribution >= 4 is 95.4 Å². The van der Waals surface area contributed by atoms with E-state index in [1.165, 1.54) is 0 Å². The van der Waals surface area contributed by atoms with E-state index in [0.29, 0.717) is 16.5 Å². The van der Waals surface area contributed by atoms with E-state index < -0.39 is 0 Å². The van der Waals surface area contributed by atoms with Gasteiger partial charge in [-0.2, -0.15) is 11.8 Å². The number of hydrogen-bond donors (Lipinski definition) is 0. The molecule has 0 spiro atoms. The summed E-state index contributed by atoms with van der Waals surface area (Å²) in [7, 11) is 2.04. The molecule has 5 heterocycles. The second-order valence-corrected chi connectivity index (χ2v) is 12.3. The first-order valence-corrected chi connectivity index (χ1v) is 16.6. The fourth-order valence-corrected chi connectivity index (χ4v) is 6.35. The molecule has 0 N–H and O–H groups in total. The summed E-state index contributed by atoms with van der Waals surface area (Å²) in [6.45, 7) is 0.786. The Morgan fingerprint density at radius 3 is 2.08 bits per heavy atom. The van der Waals surface area contributed by atoms with Gasteiger partial charge in [-0.15, -0.1) is 0 Å². The standard InChI is InChI=1S/C26H22ClN5OS.C10H6N4.ClH.Ru/c1-32(23-8-11-28-21-15-18(27)6-7-19(21)23)12-13-34-16-24(33)31-22-14-17-4-2-9-29-25(17)26-20(22)5-3-10-30-26;1-2-8-10(14-6-4-12-8)9-7(1)11-3-5-13-9;;/h2-11,14-15H,12-13,16H2,1H3,(H,31,33);1-6H;1H;/q;;;+2/p-2. The maximum atomic E-state index is 12.7. The van der Waals surface area contributed by atoms with E-state index in [1.54, 1.807) is 55.1 Å². The largest absolute Gasteiger partial charge is 2.00 e. The van der Waals surface area contributed by atoms with Crippen molar-refractivity contribution in [2.24, 2.45) is 4.99 Å². The van der Waals surface area contributed by atoms with Crippen molar-refractivity contribution < 1.29 is 37.0 Å². The summed E-state index contributed by atoms with van der Waals surface area (Å²) in [5.41, 5.74) is 7.46. The van der Waals surface area contributed by atoms with E-state index in [2.05, 4.69) is 44.8 Å². The second-order valence-electron chi connectivity index (χ2n) is 10.8. The molecule has 0 aliphatic rings. The molecule has 0 saturated heterocycles. The van der Waals surface area contributed by atoms with Gasteiger partial charge in [-0.1, -0.05) is 17.7 Å². The second kappa shape index (κ2) is 16.9. The molecule has 0 unspecified atom stereocenters. The summed E-state index contributed by atoms with van der Waals surface area (Å²) in [4.78, 5) is 36.8. The Morgan fingerprint density at radius 2 is 1.34 bits per heavy atom. The van der Waals surface area contributed by atoms with Crippen molar-refractivity contribution in [1.29, 1.82) is 0 Å². The molecule has 8 aromatic rings. The SMILES string of the molecule is CN(CCSCC([O-])=Nc1cc2cccnc2c2ncccc12)c1ccnc2cc(Cl)ccc12.[Cl-].[Ru+2].c1cnc2c(ccc3nccnc32)n1. The van der Waals surface area contributed by atoms with Crippen LogP contribution in [0.1, 0.15) is 0 Å². The summed E-state index contributed by atoms with van der Waals surface area (Å²) in [5, 5.41) is 16.1. The van der Waals surface area contributed by atoms with Crippen LogP contribution < -0.4 is 22.4 Å². The molecule has 0 aliphatic carbocycles. The Balaban J connectivity index is 0.000000254. The predicted molar refractivity (Wildman–Crippen MR) is 194 cm³/mol. The zero-order chi connectivity index (χ0) is 32.9. The Morgan fingerprint density at radius 1 is 0.700 bits per heavy atom. The molecule has 0 bridgehead atoms. The third kappa shape index (κ3) is 8.06. The first-order chi connectivity index (χ1) is 23.5. The molecule has 5 aromatic heterocycles. The minimum Gasteiger partial charge on any atom is -1.00 e. The summed E-state index contributed by atoms with van der Waals surface area (Å²) in [6.07, 6.45) is 11.9. The number of nitrogens with zero attached hydrogens (tertiary/aromatic N) is 9. The molecule has 3 aromatic carbocycles. The fraction of sp³-hybridized carbons (Fsp3) is 0.111. The van der Waals surface area contributed by atoms with Crippen molar-refractivity contribution in [3.8, 4) is 0 Å². The minimum atomic E-state index is -0.162. The molecular weight excluding hydrogens is 779 g/mol. The van der Waals surface area contributed by atoms with Crippen LogP contribution in [-0.4, -0.2) is 65.9 Å². The van der Waals surface area contributed by atoms with Crippen molar-refractivity contribution in [1.82, 2.24) is 34.9 Å². The van der Waals surface area contributed by atoms with Crippen LogP contribution in [0.3, 0.4) is 0 Å². The molecular formula is C36H27Cl2N9ORuS. The summed E-state index contributed by atoms with van der Waals surface area (Å²) in [5.74, 6) is 0.942. The molecule has 0 amide bonds. The Bertz CT molecular complexity index is 2400. The number of hydrogen-bond acceptors (Lipinski definition) is 11. The van der Waals surface area contributed by atoms with Gasteiger partial charge in [0.25, 0.3) is 0 Å². The first kappa shape index (κ1) is 36.7. The molecule has 0 fully saturated rings. The van der Waals surface area contributed by atoms with Crippen molar-refractivity contribution in [3.05, 3.63) is 115 Å². The van der Waals surface area contributed by atoms with Gasteiger partial charge in [0.1, 0.15) is 11.0 Å². The first-order valence-electron chi connectivity index (χ1n) is 15.1. The van der Waals surface area contributed by atoms with Crippen LogP contribution >= 0.6 is 23.4 Å². The third-order valence-electron chi connectivity index (χ3n) is 7.65. The summed E-state index contributed by atoms with van der Waals surface area (Å²) < 4.78 is 0. The van der Waals surface area contributed by atoms with Crippen LogP contribution in [0, 0.1) is 0 Å². The Hall–Kier alpha value is -4.61. The zero-order valence-electron chi connectivity index (χ0n) is 26.5. The van der Waals surface area contributed by atoms with Crippen LogP contribution in [0.25, 0.3) is 54.8 Å². The van der Waals surface area contributed by atoms with Gasteiger partial charge in [0, 0.05) is 95.3 Å². The number of rotatable bonds is 7. The van der Waals surface area contributed by atoms with Crippen molar-refractivity contribution in [2.75, 3.05) is 30.0 Å². The van der Waals surface area contributed by atoms with E-state index in [9.17, 15) is 5.11 Å². The van der Waals surface area contributed by atoms with Gasteiger partial charge in [-0.05, 0) is 66.6 Å². The van der Waals surface area contributed by atoms with Gasteiger partial charge in [0.05, 0.1) is 33.3 Å². The summed E-state index contributed by atoms with van der Waals surface area (Å²) in [6, 6.07) is 21.0. The van der Waals surface area contributed by atoms with Crippen LogP contribution in [0.4, 0.5) is 11.4 Å². The smallest absolute Gasteiger partial charge is 1.00 e. The number of thioether (sulfide) groups is 1. The van der Waals surface area contributed by atoms with Crippen LogP contribution in [0.2, 0.25) is 5.02 Å². The van der Waals surface area contributed by atoms with Crippen molar-refractivity contribution in [2.45, 2.75) is 0 Å². The van der Waals surface area contributed by atoms with E-state index in [1.807, 2.05) is 73.8 Å². The number of halogens is 2. The fourth-order valence-electron chi connectivity index (χ4n) is 5.40. The molecule has 0 radical (unpaired) electrons. The third-order valence-corrected chi connectivity index (χ3v) is 8.81. The van der Waals surface area contributed by atoms with Crippen LogP contribution in [-0.2, 0) is 19.5 Å². The maximum absolute atomic E-state index is 12.7. The molecule has 250 valence electrons. The molecule has 0 saturated carbocycles. The number of aromatic nitrogens is 7. The molecule has 0 aliphatic heterocycles. The average Bonchev–Trinajstić information content (AvgIpc) is 3.13. The maximum Gasteiger partial charge on any atom is 2.00 e. The molecule has 10 nitrogen and oxygen atoms in total. The normalized spacial score (nSPS) is 11.2. The van der Waals surface area contributed by atoms with Crippen molar-refractivity contribution in [3.63, 3.8) is 0 Å². The summed E-state index contributed by atoms with van der Waals surface area (Å²) >= 11 is 7.67. The molecule has 14 heteroatoms. The van der Waals surface area contributed by atoms with E-state index in [0.717, 1.165) is 72.8 Å². The van der Waals surface area contributed by atoms with E-state index in [4.69, 9.17) is 11.6 Å². The topological polar surface area (TPSA) is 129 Å². The van der Waals surface area contributed by atoms with Gasteiger partial charge in [0.2, 0.25) is 0 Å². The number of fused-ring (bicyclic) bond motifs is 7. The minimum absolute atomic E-state index is 0. The number of benzene rings is 3. The van der Waals surface area contributed by atoms with Crippen LogP contribution in [0.5, 0.6) is 0 Å². The average molecular weight is 806 g/mol. The van der Waals surface area contributed by atoms with Gasteiger partial charge >= 0.3 is 19.5 Å². The van der Waals surface area contributed by atoms with Crippen LogP contribution in [0.15, 0.2) is 115 Å². The van der Waals surface area contributed by atoms with E-state index >= 15 is 0 Å². The molecule has 0 atom stereocenters. The van der Waals surface area contributed by atoms with E-state index in [-0.39, 0.29) is 37.8 Å². The monoisotopic (exact) mass is 805 g/mol. The Kier molecular flexibility index (Phi) is 12.4. The quantitative estimate of drug-likeness (QED) is 0.0772. The van der Waals surface area contributed by atoms with Gasteiger partial charge in [-0.3, -0.25) is 39.9 Å². The molecule has 50 heavy (non-hydrogen) atoms. The Labute approximate surface area is 315 Å². The van der Waals surface area contributed by atoms with Gasteiger partial charge in [0.15, 0.2) is 0 Å². The zero-order valence-corrected chi connectivity index (χ0v) is 30.5.